The molecule has 0 N–H and O–H groups in total. The van der Waals surface area contributed by atoms with Crippen LogP contribution in [0.1, 0.15) is 79.7 Å². The van der Waals surface area contributed by atoms with Gasteiger partial charge in [0.25, 0.3) is 0 Å². The quantitative estimate of drug-likeness (QED) is 0.0348. The van der Waals surface area contributed by atoms with Gasteiger partial charge in [0.15, 0.2) is 84.2 Å². The first-order valence-electron chi connectivity index (χ1n) is 48.5. The Morgan fingerprint density at radius 1 is 0.345 bits per heavy atom. The summed E-state index contributed by atoms with van der Waals surface area (Å²) in [5.74, 6) is 5.25. The zero-order valence-electron chi connectivity index (χ0n) is 80.8. The summed E-state index contributed by atoms with van der Waals surface area (Å²) < 4.78 is 133. The van der Waals surface area contributed by atoms with Gasteiger partial charge in [-0.1, -0.05) is 200 Å². The number of fused-ring (bicyclic) bond motifs is 7. The zero-order chi connectivity index (χ0) is 101. The van der Waals surface area contributed by atoms with Crippen molar-refractivity contribution >= 4 is 128 Å². The van der Waals surface area contributed by atoms with Crippen LogP contribution in [0.2, 0.25) is 0 Å². The summed E-state index contributed by atoms with van der Waals surface area (Å²) in [6.07, 6.45) is 0.486. The topological polar surface area (TPSA) is 71.1 Å². The molecule has 4 bridgehead atoms. The molecule has 5 aliphatic rings. The molecule has 4 aliphatic carbocycles. The minimum atomic E-state index is -4.33. The first-order chi connectivity index (χ1) is 70.4. The van der Waals surface area contributed by atoms with Crippen LogP contribution in [0.15, 0.2) is 468 Å². The average molecular weight is 2050 g/mol. The molecule has 2 aromatic heterocycles. The lowest BCUT2D eigenvalue weighted by Crippen LogP contribution is -2.57. The first-order valence-corrected chi connectivity index (χ1v) is 56.2. The van der Waals surface area contributed by atoms with E-state index in [1.54, 1.807) is 12.1 Å². The van der Waals surface area contributed by atoms with Gasteiger partial charge >= 0.3 is 24.3 Å². The summed E-state index contributed by atoms with van der Waals surface area (Å²) in [4.78, 5) is 37.6. The summed E-state index contributed by atoms with van der Waals surface area (Å²) >= 11 is 0. The number of esters is 2. The number of hydrogen-bond donors (Lipinski definition) is 0. The predicted octanol–water partition coefficient (Wildman–Crippen LogP) is 34.3. The molecule has 0 amide bonds. The van der Waals surface area contributed by atoms with Crippen LogP contribution in [-0.2, 0) is 75.0 Å². The zero-order valence-corrected chi connectivity index (χ0v) is 85.7. The minimum absolute atomic E-state index is 0.0249. The minimum Gasteiger partial charge on any atom is -0.481 e. The normalized spacial score (nSPS) is 16.2. The van der Waals surface area contributed by atoms with Crippen LogP contribution >= 0.6 is 20.9 Å². The highest BCUT2D eigenvalue weighted by Gasteiger charge is 2.56. The van der Waals surface area contributed by atoms with Crippen molar-refractivity contribution < 1.29 is 63.7 Å². The van der Waals surface area contributed by atoms with Gasteiger partial charge in [-0.15, -0.1) is 0 Å². The van der Waals surface area contributed by atoms with Gasteiger partial charge in [-0.05, 0) is 289 Å². The number of benzene rings is 17. The summed E-state index contributed by atoms with van der Waals surface area (Å²) in [5, 5.41) is 6.87. The molecule has 24 rings (SSSR count). The maximum atomic E-state index is 13.6. The molecule has 20 heteroatoms. The summed E-state index contributed by atoms with van der Waals surface area (Å²) in [7, 11) is -0.0132. The molecule has 4 saturated carbocycles. The summed E-state index contributed by atoms with van der Waals surface area (Å²) in [6.45, 7) is 8.46. The third-order valence-corrected chi connectivity index (χ3v) is 40.7. The Labute approximate surface area is 858 Å². The molecule has 145 heavy (non-hydrogen) atoms. The lowest BCUT2D eigenvalue weighted by Gasteiger charge is -2.59. The number of carbonyl (C=O) groups excluding carboxylic acids is 2. The van der Waals surface area contributed by atoms with Crippen LogP contribution in [0.5, 0.6) is 11.5 Å². The molecule has 0 spiro atoms. The van der Waals surface area contributed by atoms with E-state index in [1.807, 2.05) is 172 Å². The maximum absolute atomic E-state index is 13.6. The lowest BCUT2D eigenvalue weighted by atomic mass is 9.50. The Bertz CT molecular complexity index is 7380. The predicted molar refractivity (Wildman–Crippen MR) is 582 cm³/mol. The smallest absolute Gasteiger partial charge is 0.416 e. The van der Waals surface area contributed by atoms with E-state index in [4.69, 9.17) is 14.2 Å². The second-order valence-electron chi connectivity index (χ2n) is 36.6. The lowest BCUT2D eigenvalue weighted by molar-refractivity contribution is -0.199. The Kier molecular flexibility index (Phi) is 32.8. The molecule has 19 aromatic rings. The Balaban J connectivity index is 0.000000116. The number of ether oxygens (including phenoxy) is 4. The Morgan fingerprint density at radius 3 is 1.12 bits per heavy atom. The molecule has 6 nitrogen and oxygen atoms in total. The second kappa shape index (κ2) is 46.6. The molecule has 0 atom stereocenters. The van der Waals surface area contributed by atoms with Crippen LogP contribution < -0.4 is 9.47 Å². The van der Waals surface area contributed by atoms with Crippen molar-refractivity contribution in [1.29, 1.82) is 0 Å². The standard InChI is InChI=1S/C33H37O3S.C19H12F3S.C19H14F3S.C19H17S.C18H11F2S.C17H19O3S/c1-22-14-30(37(28-10-6-4-7-11-28)29-12-8-5-9-13-29)15-23(2)32(22)36-31(34)21-35-33(3)26-17-24-16-25(19-26)20-27(33)18-24;20-19(21,22)13-6-5-7-14(12-13)23-17-10-3-1-8-15(17)16-9-2-4-11-18(16)23;20-19(21,22)15-8-7-13-18(14-15)23(16-9-3-1-4-10-16)17-11-5-2-6-12-17;1-16-9-8-14-19(15-16)20(17-10-4-2-5-11-17)18-12-6-3-7-13-18;19-12-9-13(20)11-14(10-12)21-17-7-3-1-5-15(17)16-6-2-4-8-18(16)21;1-19-17(18)12-20-15-8-9-16(21-10-4-5-11-21)14-7-3-2-6-13(14)15/h4-15,24-27H,16-21H2,1-3H3;1-12H;1-14H;2-15H,1H3;1-11H;2-3,6-9H,4-5,10-12H2,1H3/q6*+1. The number of methoxy groups -OCH3 is 1. The van der Waals surface area contributed by atoms with Crippen molar-refractivity contribution in [3.63, 3.8) is 0 Å². The van der Waals surface area contributed by atoms with Gasteiger partial charge in [0.05, 0.1) is 56.5 Å². The van der Waals surface area contributed by atoms with Gasteiger partial charge in [0.1, 0.15) is 41.2 Å². The van der Waals surface area contributed by atoms with Crippen molar-refractivity contribution in [2.45, 2.75) is 140 Å². The van der Waals surface area contributed by atoms with Crippen molar-refractivity contribution in [3.05, 3.63) is 458 Å². The van der Waals surface area contributed by atoms with Gasteiger partial charge < -0.3 is 18.9 Å². The number of alkyl halides is 6. The molecule has 0 radical (unpaired) electrons. The van der Waals surface area contributed by atoms with Gasteiger partial charge in [-0.2, -0.15) is 26.3 Å². The van der Waals surface area contributed by atoms with Crippen LogP contribution in [0, 0.1) is 56.1 Å². The van der Waals surface area contributed by atoms with Crippen LogP contribution in [-0.4, -0.2) is 49.4 Å². The van der Waals surface area contributed by atoms with Crippen LogP contribution in [0.25, 0.3) is 60.9 Å². The van der Waals surface area contributed by atoms with E-state index in [0.717, 1.165) is 102 Å². The molecule has 732 valence electrons. The monoisotopic (exact) mass is 2050 g/mol. The molecular formula is C125H110F8O6S6+6. The summed E-state index contributed by atoms with van der Waals surface area (Å²) in [5.41, 5.74) is 1.89. The molecule has 3 heterocycles. The number of thiophene rings is 2. The number of rotatable bonds is 19. The van der Waals surface area contributed by atoms with Gasteiger partial charge in [0.2, 0.25) is 0 Å². The van der Waals surface area contributed by atoms with Gasteiger partial charge in [-0.3, -0.25) is 0 Å². The van der Waals surface area contributed by atoms with E-state index in [2.05, 4.69) is 213 Å². The fourth-order valence-corrected chi connectivity index (χ4v) is 34.3. The third-order valence-electron chi connectivity index (χ3n) is 26.9. The number of carbonyl (C=O) groups is 2. The van der Waals surface area contributed by atoms with Crippen molar-refractivity contribution in [2.24, 2.45) is 23.7 Å². The van der Waals surface area contributed by atoms with E-state index < -0.39 is 66.9 Å². The molecule has 17 aromatic carbocycles. The van der Waals surface area contributed by atoms with E-state index in [1.165, 1.54) is 145 Å². The van der Waals surface area contributed by atoms with Crippen molar-refractivity contribution in [3.8, 4) is 21.3 Å². The largest absolute Gasteiger partial charge is 0.481 e. The van der Waals surface area contributed by atoms with Gasteiger partial charge in [-0.25, -0.2) is 18.4 Å². The van der Waals surface area contributed by atoms with Crippen molar-refractivity contribution in [1.82, 2.24) is 0 Å². The van der Waals surface area contributed by atoms with Crippen molar-refractivity contribution in [2.75, 3.05) is 31.8 Å². The second-order valence-corrected chi connectivity index (χ2v) is 48.8. The fraction of sp³-hybridized carbons (Fsp3) is 0.184. The molecular weight excluding hydrogens is 1940 g/mol. The number of hydrogen-bond acceptors (Lipinski definition) is 6. The molecule has 0 unspecified atom stereocenters. The first kappa shape index (κ1) is 102. The van der Waals surface area contributed by atoms with Crippen LogP contribution in [0.4, 0.5) is 35.1 Å². The SMILES string of the molecule is COC(=O)COc1ccc([S+]2CCCC2)c2ccccc12.Cc1cc([S+](c2ccccc2)c2ccccc2)cc(C)c1OC(=O)COC1(C)C2CC3CC(C2)CC1C3.Cc1cccc([S+](c2ccccc2)c2ccccc2)c1.FC(F)(F)c1cccc(-[s+]2c3ccccc3c3ccccc32)c1.FC(F)(F)c1cccc([S+](c2ccccc2)c2ccccc2)c1.Fc1cc(F)cc(-[s+]2c3ccccc3c3ccccc32)c1. The van der Waals surface area contributed by atoms with E-state index in [0.29, 0.717) is 43.2 Å². The highest BCUT2D eigenvalue weighted by atomic mass is 32.2. The molecule has 1 saturated heterocycles. The van der Waals surface area contributed by atoms with Crippen LogP contribution in [0.3, 0.4) is 0 Å². The van der Waals surface area contributed by atoms with E-state index >= 15 is 0 Å². The van der Waals surface area contributed by atoms with E-state index in [9.17, 15) is 44.7 Å². The maximum Gasteiger partial charge on any atom is 0.416 e. The molecule has 5 fully saturated rings. The summed E-state index contributed by atoms with van der Waals surface area (Å²) in [6, 6.07) is 135. The third kappa shape index (κ3) is 24.1. The Hall–Kier alpha value is -13.0. The average Bonchev–Trinajstić information content (AvgIpc) is 1.73. The number of aryl methyl sites for hydroxylation is 3. The molecule has 1 aliphatic heterocycles. The highest BCUT2D eigenvalue weighted by molar-refractivity contribution is 7.98. The Morgan fingerprint density at radius 2 is 0.703 bits per heavy atom. The fourth-order valence-electron chi connectivity index (χ4n) is 20.4. The van der Waals surface area contributed by atoms with E-state index in [-0.39, 0.29) is 52.5 Å². The number of halogens is 8. The highest BCUT2D eigenvalue weighted by Crippen LogP contribution is 2.60. The van der Waals surface area contributed by atoms with Gasteiger partial charge in [0, 0.05) is 107 Å².